The number of benzene rings is 1. The summed E-state index contributed by atoms with van der Waals surface area (Å²) >= 11 is 0. The number of halogens is 1. The summed E-state index contributed by atoms with van der Waals surface area (Å²) in [6.07, 6.45) is 5.01. The molecule has 5 rings (SSSR count). The number of imidazole rings is 1. The molecule has 0 aliphatic rings. The van der Waals surface area contributed by atoms with Crippen LogP contribution >= 0.6 is 0 Å². The smallest absolute Gasteiger partial charge is 0.321 e. The molecule has 1 aromatic carbocycles. The van der Waals surface area contributed by atoms with Crippen molar-refractivity contribution in [3.63, 3.8) is 0 Å². The first kappa shape index (κ1) is 22.9. The summed E-state index contributed by atoms with van der Waals surface area (Å²) in [6.45, 7) is 2.29. The van der Waals surface area contributed by atoms with Crippen LogP contribution in [-0.4, -0.2) is 44.5 Å². The third kappa shape index (κ3) is 4.56. The van der Waals surface area contributed by atoms with Gasteiger partial charge in [0.05, 0.1) is 5.52 Å². The molecule has 0 aliphatic carbocycles. The molecule has 5 aromatic rings. The minimum Gasteiger partial charge on any atom is -0.338 e. The van der Waals surface area contributed by atoms with E-state index in [1.54, 1.807) is 12.4 Å². The Balaban J connectivity index is 1.57. The highest BCUT2D eigenvalue weighted by atomic mass is 19.1. The van der Waals surface area contributed by atoms with Crippen molar-refractivity contribution in [1.29, 1.82) is 0 Å². The van der Waals surface area contributed by atoms with Gasteiger partial charge in [-0.3, -0.25) is 10.3 Å². The van der Waals surface area contributed by atoms with E-state index in [0.29, 0.717) is 23.1 Å². The fraction of sp³-hybridized carbons (Fsp3) is 0.115. The first-order valence-corrected chi connectivity index (χ1v) is 11.3. The molecule has 0 atom stereocenters. The molecule has 10 heteroatoms. The molecule has 0 spiro atoms. The minimum absolute atomic E-state index is 0.167. The fourth-order valence-electron chi connectivity index (χ4n) is 3.84. The van der Waals surface area contributed by atoms with Crippen LogP contribution < -0.4 is 15.5 Å². The highest BCUT2D eigenvalue weighted by Crippen LogP contribution is 2.34. The Hall–Kier alpha value is -4.86. The molecule has 9 nitrogen and oxygen atoms in total. The maximum Gasteiger partial charge on any atom is 0.321 e. The average molecular weight is 483 g/mol. The van der Waals surface area contributed by atoms with Gasteiger partial charge in [0, 0.05) is 43.3 Å². The normalized spacial score (nSPS) is 10.9. The largest absolute Gasteiger partial charge is 0.338 e. The molecule has 180 valence electrons. The molecule has 2 amide bonds. The number of urea groups is 1. The molecule has 0 unspecified atom stereocenters. The molecular weight excluding hydrogens is 459 g/mol. The van der Waals surface area contributed by atoms with Gasteiger partial charge >= 0.3 is 6.03 Å². The predicted molar refractivity (Wildman–Crippen MR) is 138 cm³/mol. The predicted octanol–water partition coefficient (Wildman–Crippen LogP) is 5.13. The van der Waals surface area contributed by atoms with Crippen molar-refractivity contribution in [2.24, 2.45) is 0 Å². The lowest BCUT2D eigenvalue weighted by Crippen LogP contribution is -2.28. The van der Waals surface area contributed by atoms with Crippen molar-refractivity contribution in [2.75, 3.05) is 23.8 Å². The van der Waals surface area contributed by atoms with Crippen LogP contribution in [0.25, 0.3) is 33.4 Å². The van der Waals surface area contributed by atoms with E-state index in [1.165, 1.54) is 18.3 Å². The second kappa shape index (κ2) is 9.79. The zero-order valence-electron chi connectivity index (χ0n) is 19.7. The zero-order valence-corrected chi connectivity index (χ0v) is 19.7. The maximum absolute atomic E-state index is 14.8. The lowest BCUT2D eigenvalue weighted by molar-refractivity contribution is 0.252. The molecule has 0 radical (unpaired) electrons. The summed E-state index contributed by atoms with van der Waals surface area (Å²) in [5, 5.41) is 5.32. The van der Waals surface area contributed by atoms with Gasteiger partial charge in [-0.1, -0.05) is 6.07 Å². The van der Waals surface area contributed by atoms with Crippen LogP contribution in [0, 0.1) is 5.82 Å². The summed E-state index contributed by atoms with van der Waals surface area (Å²) < 4.78 is 14.8. The van der Waals surface area contributed by atoms with E-state index in [-0.39, 0.29) is 17.7 Å². The van der Waals surface area contributed by atoms with Crippen molar-refractivity contribution in [3.05, 3.63) is 79.0 Å². The van der Waals surface area contributed by atoms with E-state index in [9.17, 15) is 9.18 Å². The van der Waals surface area contributed by atoms with Crippen molar-refractivity contribution >= 4 is 34.6 Å². The minimum atomic E-state index is -0.470. The van der Waals surface area contributed by atoms with Crippen molar-refractivity contribution in [1.82, 2.24) is 30.2 Å². The summed E-state index contributed by atoms with van der Waals surface area (Å²) in [7, 11) is 1.90. The number of anilines is 3. The van der Waals surface area contributed by atoms with Crippen LogP contribution in [0.1, 0.15) is 6.92 Å². The molecule has 0 fully saturated rings. The van der Waals surface area contributed by atoms with E-state index in [0.717, 1.165) is 22.8 Å². The van der Waals surface area contributed by atoms with Crippen LogP contribution in [0.15, 0.2) is 73.2 Å². The first-order chi connectivity index (χ1) is 17.5. The number of nitrogens with zero attached hydrogens (tertiary/aromatic N) is 5. The number of aromatic amines is 1. The third-order valence-electron chi connectivity index (χ3n) is 5.59. The van der Waals surface area contributed by atoms with Crippen molar-refractivity contribution in [2.45, 2.75) is 6.92 Å². The number of H-pyrrole nitrogens is 1. The lowest BCUT2D eigenvalue weighted by Gasteiger charge is -2.17. The van der Waals surface area contributed by atoms with Gasteiger partial charge in [0.1, 0.15) is 28.7 Å². The van der Waals surface area contributed by atoms with Gasteiger partial charge in [-0.05, 0) is 61.0 Å². The fourth-order valence-corrected chi connectivity index (χ4v) is 3.84. The number of hydrogen-bond acceptors (Lipinski definition) is 6. The standard InChI is InChI=1S/C26H23FN8O/c1-3-28-26(36)34-25-32-20-14-17(13-18(24(20)33-25)23-19(27)7-6-12-30-23)16-9-10-22(31-15-16)35(2)21-8-4-5-11-29-21/h4-15H,3H2,1-2H3,(H3,28,32,33,34,36). The number of carbonyl (C=O) groups excluding carboxylic acids is 1. The van der Waals surface area contributed by atoms with Crippen molar-refractivity contribution < 1.29 is 9.18 Å². The molecule has 0 saturated carbocycles. The second-order valence-corrected chi connectivity index (χ2v) is 7.98. The summed E-state index contributed by atoms with van der Waals surface area (Å²) in [6, 6.07) is 15.7. The van der Waals surface area contributed by atoms with E-state index >= 15 is 0 Å². The number of pyridine rings is 3. The van der Waals surface area contributed by atoms with E-state index in [1.807, 2.05) is 61.3 Å². The van der Waals surface area contributed by atoms with Crippen LogP contribution in [0.2, 0.25) is 0 Å². The first-order valence-electron chi connectivity index (χ1n) is 11.3. The molecule has 0 saturated heterocycles. The number of fused-ring (bicyclic) bond motifs is 1. The number of rotatable bonds is 6. The number of amides is 2. The summed E-state index contributed by atoms with van der Waals surface area (Å²) in [4.78, 5) is 34.7. The Morgan fingerprint density at radius 1 is 1.00 bits per heavy atom. The Labute approximate surface area is 206 Å². The SMILES string of the molecule is CCNC(=O)Nc1nc2c(-c3ncccc3F)cc(-c3ccc(N(C)c4ccccn4)nc3)cc2[nH]1. The molecule has 0 aliphatic heterocycles. The average Bonchev–Trinajstić information content (AvgIpc) is 3.31. The molecule has 36 heavy (non-hydrogen) atoms. The zero-order chi connectivity index (χ0) is 25.1. The van der Waals surface area contributed by atoms with Crippen LogP contribution in [0.4, 0.5) is 26.8 Å². The van der Waals surface area contributed by atoms with E-state index < -0.39 is 5.82 Å². The van der Waals surface area contributed by atoms with Gasteiger partial charge < -0.3 is 15.2 Å². The molecule has 4 aromatic heterocycles. The maximum atomic E-state index is 14.8. The third-order valence-corrected chi connectivity index (χ3v) is 5.59. The topological polar surface area (TPSA) is 112 Å². The quantitative estimate of drug-likeness (QED) is 0.309. The number of aromatic nitrogens is 5. The molecule has 4 heterocycles. The van der Waals surface area contributed by atoms with E-state index in [4.69, 9.17) is 0 Å². The van der Waals surface area contributed by atoms with Gasteiger partial charge in [0.25, 0.3) is 0 Å². The van der Waals surface area contributed by atoms with Gasteiger partial charge in [-0.25, -0.2) is 24.1 Å². The number of nitrogens with one attached hydrogen (secondary N) is 3. The Bertz CT molecular complexity index is 1520. The highest BCUT2D eigenvalue weighted by molar-refractivity contribution is 5.98. The van der Waals surface area contributed by atoms with Crippen LogP contribution in [0.3, 0.4) is 0 Å². The second-order valence-electron chi connectivity index (χ2n) is 7.98. The van der Waals surface area contributed by atoms with Crippen molar-refractivity contribution in [3.8, 4) is 22.4 Å². The Morgan fingerprint density at radius 2 is 1.83 bits per heavy atom. The number of hydrogen-bond donors (Lipinski definition) is 3. The molecular formula is C26H23FN8O. The summed E-state index contributed by atoms with van der Waals surface area (Å²) in [5.41, 5.74) is 3.38. The molecule has 0 bridgehead atoms. The van der Waals surface area contributed by atoms with Gasteiger partial charge in [-0.2, -0.15) is 0 Å². The van der Waals surface area contributed by atoms with Gasteiger partial charge in [0.2, 0.25) is 5.95 Å². The van der Waals surface area contributed by atoms with E-state index in [2.05, 4.69) is 35.6 Å². The summed E-state index contributed by atoms with van der Waals surface area (Å²) in [5.74, 6) is 1.28. The Kier molecular flexibility index (Phi) is 6.23. The monoisotopic (exact) mass is 482 g/mol. The van der Waals surface area contributed by atoms with Crippen LogP contribution in [0.5, 0.6) is 0 Å². The lowest BCUT2D eigenvalue weighted by atomic mass is 10.0. The van der Waals surface area contributed by atoms with Crippen LogP contribution in [-0.2, 0) is 0 Å². The Morgan fingerprint density at radius 3 is 2.56 bits per heavy atom. The van der Waals surface area contributed by atoms with Gasteiger partial charge in [0.15, 0.2) is 0 Å². The number of carbonyl (C=O) groups is 1. The highest BCUT2D eigenvalue weighted by Gasteiger charge is 2.17. The molecule has 3 N–H and O–H groups in total. The van der Waals surface area contributed by atoms with Gasteiger partial charge in [-0.15, -0.1) is 0 Å².